The molecule has 1 saturated carbocycles. The highest BCUT2D eigenvalue weighted by molar-refractivity contribution is 7.72. The van der Waals surface area contributed by atoms with E-state index in [9.17, 15) is 18.3 Å². The predicted octanol–water partition coefficient (Wildman–Crippen LogP) is 1.63. The molecule has 1 aliphatic carbocycles. The van der Waals surface area contributed by atoms with Crippen LogP contribution in [0.5, 0.6) is 0 Å². The van der Waals surface area contributed by atoms with Gasteiger partial charge in [0.2, 0.25) is 0 Å². The number of aliphatic carboxylic acids is 1. The molecule has 118 valence electrons. The number of carboxylic acids is 1. The van der Waals surface area contributed by atoms with Gasteiger partial charge in [0.15, 0.2) is 0 Å². The van der Waals surface area contributed by atoms with Crippen molar-refractivity contribution in [3.05, 3.63) is 18.0 Å². The Bertz CT molecular complexity index is 567. The molecule has 0 radical (unpaired) electrons. The number of carbonyl (C=O) groups is 1. The van der Waals surface area contributed by atoms with Crippen LogP contribution in [0.1, 0.15) is 50.5 Å². The summed E-state index contributed by atoms with van der Waals surface area (Å²) in [4.78, 5) is 11.3. The predicted molar refractivity (Wildman–Crippen MR) is 79.0 cm³/mol. The fourth-order valence-corrected chi connectivity index (χ4v) is 3.73. The Morgan fingerprint density at radius 1 is 1.48 bits per heavy atom. The van der Waals surface area contributed by atoms with E-state index in [1.807, 2.05) is 12.4 Å². The molecule has 21 heavy (non-hydrogen) atoms. The molecule has 1 aromatic rings. The molecule has 1 N–H and O–H groups in total. The molecular formula is C14H22N2O4S. The lowest BCUT2D eigenvalue weighted by atomic mass is 9.89. The van der Waals surface area contributed by atoms with E-state index in [0.29, 0.717) is 12.5 Å². The standard InChI is InChI=1S/C14H22N2O4S/c1-14(13(17)18,10-21(19)20)6-7-16-9-12(8-15-16)11-4-2-3-5-11/h8-9,11,21H,2-7,10H2,1H3,(H,17,18)/t14-/m0/s1. The molecule has 1 aliphatic rings. The van der Waals surface area contributed by atoms with Gasteiger partial charge in [0, 0.05) is 12.7 Å². The minimum Gasteiger partial charge on any atom is -0.481 e. The molecule has 1 aromatic heterocycles. The van der Waals surface area contributed by atoms with Gasteiger partial charge in [-0.15, -0.1) is 0 Å². The van der Waals surface area contributed by atoms with Crippen LogP contribution < -0.4 is 0 Å². The first kappa shape index (κ1) is 16.0. The van der Waals surface area contributed by atoms with Crippen molar-refractivity contribution < 1.29 is 18.3 Å². The Hall–Kier alpha value is -1.37. The topological polar surface area (TPSA) is 89.3 Å². The third-order valence-corrected chi connectivity index (χ3v) is 5.32. The van der Waals surface area contributed by atoms with E-state index >= 15 is 0 Å². The summed E-state index contributed by atoms with van der Waals surface area (Å²) in [7, 11) is -2.71. The molecule has 1 heterocycles. The monoisotopic (exact) mass is 314 g/mol. The summed E-state index contributed by atoms with van der Waals surface area (Å²) in [6.07, 6.45) is 8.95. The van der Waals surface area contributed by atoms with Gasteiger partial charge in [-0.1, -0.05) is 12.8 Å². The molecule has 0 bridgehead atoms. The largest absolute Gasteiger partial charge is 0.481 e. The number of rotatable bonds is 7. The van der Waals surface area contributed by atoms with Gasteiger partial charge >= 0.3 is 5.97 Å². The molecule has 0 amide bonds. The van der Waals surface area contributed by atoms with Crippen molar-refractivity contribution in [2.45, 2.75) is 51.5 Å². The lowest BCUT2D eigenvalue weighted by Gasteiger charge is -2.21. The number of thiol groups is 1. The molecule has 7 heteroatoms. The van der Waals surface area contributed by atoms with E-state index in [4.69, 9.17) is 0 Å². The second-order valence-electron chi connectivity index (χ2n) is 6.12. The van der Waals surface area contributed by atoms with Crippen molar-refractivity contribution in [2.24, 2.45) is 5.41 Å². The average molecular weight is 314 g/mol. The second-order valence-corrected chi connectivity index (χ2v) is 7.11. The maximum Gasteiger partial charge on any atom is 0.310 e. The summed E-state index contributed by atoms with van der Waals surface area (Å²) in [6.45, 7) is 1.89. The van der Waals surface area contributed by atoms with Gasteiger partial charge in [-0.3, -0.25) is 9.48 Å². The Kier molecular flexibility index (Phi) is 5.03. The van der Waals surface area contributed by atoms with Crippen LogP contribution in [-0.4, -0.2) is 35.0 Å². The molecule has 6 nitrogen and oxygen atoms in total. The van der Waals surface area contributed by atoms with Crippen LogP contribution in [0.25, 0.3) is 0 Å². The van der Waals surface area contributed by atoms with Crippen molar-refractivity contribution in [3.63, 3.8) is 0 Å². The Morgan fingerprint density at radius 3 is 2.71 bits per heavy atom. The van der Waals surface area contributed by atoms with Crippen LogP contribution in [0.4, 0.5) is 0 Å². The number of carboxylic acid groups (broad SMARTS) is 1. The third kappa shape index (κ3) is 4.06. The minimum absolute atomic E-state index is 0.247. The average Bonchev–Trinajstić information content (AvgIpc) is 3.06. The first-order valence-corrected chi connectivity index (χ1v) is 8.64. The van der Waals surface area contributed by atoms with E-state index in [2.05, 4.69) is 5.10 Å². The first-order valence-electron chi connectivity index (χ1n) is 7.28. The molecule has 0 saturated heterocycles. The van der Waals surface area contributed by atoms with Crippen LogP contribution in [0.3, 0.4) is 0 Å². The Balaban J connectivity index is 1.99. The highest BCUT2D eigenvalue weighted by Crippen LogP contribution is 2.33. The van der Waals surface area contributed by atoms with E-state index in [1.165, 1.54) is 38.2 Å². The summed E-state index contributed by atoms with van der Waals surface area (Å²) in [5.41, 5.74) is -0.0475. The number of hydrogen-bond donors (Lipinski definition) is 2. The zero-order valence-corrected chi connectivity index (χ0v) is 13.1. The van der Waals surface area contributed by atoms with Crippen LogP contribution in [0.2, 0.25) is 0 Å². The van der Waals surface area contributed by atoms with Gasteiger partial charge in [0.05, 0.1) is 17.4 Å². The number of aryl methyl sites for hydroxylation is 1. The van der Waals surface area contributed by atoms with E-state index in [-0.39, 0.29) is 12.2 Å². The van der Waals surface area contributed by atoms with Crippen molar-refractivity contribution in [1.29, 1.82) is 0 Å². The van der Waals surface area contributed by atoms with Gasteiger partial charge < -0.3 is 5.11 Å². The molecule has 1 atom stereocenters. The van der Waals surface area contributed by atoms with Crippen molar-refractivity contribution in [3.8, 4) is 0 Å². The first-order chi connectivity index (χ1) is 9.90. The SMILES string of the molecule is C[C@](CCn1cc(C2CCCC2)cn1)(C[SH](=O)=O)C(=O)O. The van der Waals surface area contributed by atoms with Crippen LogP contribution in [0.15, 0.2) is 12.4 Å². The van der Waals surface area contributed by atoms with Crippen LogP contribution in [0, 0.1) is 5.41 Å². The minimum atomic E-state index is -2.71. The molecule has 0 aromatic carbocycles. The van der Waals surface area contributed by atoms with Gasteiger partial charge in [-0.25, -0.2) is 8.42 Å². The van der Waals surface area contributed by atoms with Crippen molar-refractivity contribution in [1.82, 2.24) is 9.78 Å². The van der Waals surface area contributed by atoms with E-state index < -0.39 is 22.1 Å². The summed E-state index contributed by atoms with van der Waals surface area (Å²) >= 11 is 0. The van der Waals surface area contributed by atoms with E-state index in [1.54, 1.807) is 4.68 Å². The summed E-state index contributed by atoms with van der Waals surface area (Å²) in [5, 5.41) is 13.5. The zero-order valence-electron chi connectivity index (χ0n) is 12.2. The summed E-state index contributed by atoms with van der Waals surface area (Å²) in [6, 6.07) is 0. The number of hydrogen-bond acceptors (Lipinski definition) is 4. The lowest BCUT2D eigenvalue weighted by molar-refractivity contribution is -0.147. The third-order valence-electron chi connectivity index (χ3n) is 4.37. The maximum absolute atomic E-state index is 11.3. The molecule has 2 rings (SSSR count). The highest BCUT2D eigenvalue weighted by atomic mass is 32.2. The molecule has 1 fully saturated rings. The number of aromatic nitrogens is 2. The molecule has 0 aliphatic heterocycles. The molecule has 0 spiro atoms. The van der Waals surface area contributed by atoms with Gasteiger partial charge in [0.1, 0.15) is 10.7 Å². The van der Waals surface area contributed by atoms with E-state index in [0.717, 1.165) is 0 Å². The van der Waals surface area contributed by atoms with Crippen LogP contribution >= 0.6 is 0 Å². The fourth-order valence-electron chi connectivity index (χ4n) is 2.87. The Labute approximate surface area is 126 Å². The summed E-state index contributed by atoms with van der Waals surface area (Å²) < 4.78 is 23.4. The smallest absolute Gasteiger partial charge is 0.310 e. The van der Waals surface area contributed by atoms with Gasteiger partial charge in [0.25, 0.3) is 0 Å². The Morgan fingerprint density at radius 2 is 2.14 bits per heavy atom. The van der Waals surface area contributed by atoms with Crippen molar-refractivity contribution >= 4 is 16.7 Å². The fraction of sp³-hybridized carbons (Fsp3) is 0.714. The molecule has 0 unspecified atom stereocenters. The normalized spacial score (nSPS) is 19.0. The van der Waals surface area contributed by atoms with Gasteiger partial charge in [-0.2, -0.15) is 5.10 Å². The van der Waals surface area contributed by atoms with Crippen LogP contribution in [-0.2, 0) is 22.0 Å². The quantitative estimate of drug-likeness (QED) is 0.747. The molecular weight excluding hydrogens is 292 g/mol. The van der Waals surface area contributed by atoms with Crippen molar-refractivity contribution in [2.75, 3.05) is 5.75 Å². The maximum atomic E-state index is 11.3. The number of nitrogens with zero attached hydrogens (tertiary/aromatic N) is 2. The summed E-state index contributed by atoms with van der Waals surface area (Å²) in [5.74, 6) is -0.848. The second kappa shape index (κ2) is 6.60. The lowest BCUT2D eigenvalue weighted by Crippen LogP contribution is -2.33. The zero-order chi connectivity index (χ0) is 15.5. The highest BCUT2D eigenvalue weighted by Gasteiger charge is 2.34. The van der Waals surface area contributed by atoms with Gasteiger partial charge in [-0.05, 0) is 37.7 Å².